The molecule has 1 rings (SSSR count). The van der Waals surface area contributed by atoms with Gasteiger partial charge in [0.05, 0.1) is 0 Å². The second-order valence-electron chi connectivity index (χ2n) is 5.77. The van der Waals surface area contributed by atoms with Crippen LogP contribution in [-0.2, 0) is 4.74 Å². The first-order chi connectivity index (χ1) is 9.00. The molecule has 0 saturated heterocycles. The molecule has 0 spiro atoms. The van der Waals surface area contributed by atoms with Gasteiger partial charge in [-0.2, -0.15) is 0 Å². The fourth-order valence-corrected chi connectivity index (χ4v) is 2.10. The van der Waals surface area contributed by atoms with Gasteiger partial charge in [0.15, 0.2) is 0 Å². The zero-order chi connectivity index (χ0) is 14.3. The Balaban J connectivity index is 2.61. The highest BCUT2D eigenvalue weighted by molar-refractivity contribution is 5.21. The lowest BCUT2D eigenvalue weighted by Gasteiger charge is -2.28. The molecule has 0 aliphatic heterocycles. The summed E-state index contributed by atoms with van der Waals surface area (Å²) in [5, 5.41) is 3.48. The van der Waals surface area contributed by atoms with E-state index in [2.05, 4.69) is 26.1 Å². The lowest BCUT2D eigenvalue weighted by atomic mass is 9.89. The van der Waals surface area contributed by atoms with Gasteiger partial charge in [0.2, 0.25) is 0 Å². The van der Waals surface area contributed by atoms with Crippen molar-refractivity contribution in [2.75, 3.05) is 20.3 Å². The van der Waals surface area contributed by atoms with Gasteiger partial charge in [-0.05, 0) is 24.3 Å². The second kappa shape index (κ2) is 7.61. The molecule has 0 aliphatic rings. The molecule has 0 saturated carbocycles. The molecule has 0 radical (unpaired) electrons. The summed E-state index contributed by atoms with van der Waals surface area (Å²) in [5.41, 5.74) is 0.904. The van der Waals surface area contributed by atoms with Crippen molar-refractivity contribution in [3.8, 4) is 0 Å². The van der Waals surface area contributed by atoms with Crippen LogP contribution in [0, 0.1) is 11.2 Å². The molecule has 1 unspecified atom stereocenters. The van der Waals surface area contributed by atoms with E-state index in [0.29, 0.717) is 0 Å². The maximum absolute atomic E-state index is 13.8. The van der Waals surface area contributed by atoms with E-state index in [1.807, 2.05) is 12.1 Å². The number of rotatable bonds is 8. The number of methoxy groups -OCH3 is 1. The number of nitrogens with one attached hydrogen (secondary N) is 1. The van der Waals surface area contributed by atoms with Crippen molar-refractivity contribution in [2.45, 2.75) is 39.7 Å². The van der Waals surface area contributed by atoms with E-state index >= 15 is 0 Å². The van der Waals surface area contributed by atoms with E-state index in [4.69, 9.17) is 4.74 Å². The SMILES string of the molecule is CCC(NCC(C)(C)CCOC)c1ccccc1F. The van der Waals surface area contributed by atoms with E-state index in [1.54, 1.807) is 13.2 Å². The first-order valence-electron chi connectivity index (χ1n) is 6.97. The van der Waals surface area contributed by atoms with Crippen LogP contribution in [0.5, 0.6) is 0 Å². The van der Waals surface area contributed by atoms with Crippen LogP contribution in [0.4, 0.5) is 4.39 Å². The summed E-state index contributed by atoms with van der Waals surface area (Å²) in [6.45, 7) is 8.08. The van der Waals surface area contributed by atoms with Gasteiger partial charge >= 0.3 is 0 Å². The average molecular weight is 267 g/mol. The highest BCUT2D eigenvalue weighted by Crippen LogP contribution is 2.24. The monoisotopic (exact) mass is 267 g/mol. The van der Waals surface area contributed by atoms with E-state index in [1.165, 1.54) is 6.07 Å². The molecule has 0 aromatic heterocycles. The van der Waals surface area contributed by atoms with Crippen molar-refractivity contribution in [3.63, 3.8) is 0 Å². The van der Waals surface area contributed by atoms with Crippen LogP contribution in [0.25, 0.3) is 0 Å². The van der Waals surface area contributed by atoms with Crippen LogP contribution in [0.3, 0.4) is 0 Å². The summed E-state index contributed by atoms with van der Waals surface area (Å²) >= 11 is 0. The van der Waals surface area contributed by atoms with Gasteiger partial charge in [-0.25, -0.2) is 4.39 Å². The predicted molar refractivity (Wildman–Crippen MR) is 77.7 cm³/mol. The molecule has 0 heterocycles. The smallest absolute Gasteiger partial charge is 0.127 e. The Hall–Kier alpha value is -0.930. The summed E-state index contributed by atoms with van der Waals surface area (Å²) in [5.74, 6) is -0.128. The largest absolute Gasteiger partial charge is 0.385 e. The standard InChI is InChI=1S/C16H26FNO/c1-5-15(13-8-6-7-9-14(13)17)18-12-16(2,3)10-11-19-4/h6-9,15,18H,5,10-12H2,1-4H3. The Bertz CT molecular complexity index is 379. The van der Waals surface area contributed by atoms with Crippen LogP contribution in [0.15, 0.2) is 24.3 Å². The first kappa shape index (κ1) is 16.1. The third kappa shape index (κ3) is 5.29. The Morgan fingerprint density at radius 2 is 2.00 bits per heavy atom. The minimum atomic E-state index is -0.128. The predicted octanol–water partition coefficient (Wildman–Crippen LogP) is 3.93. The normalized spacial score (nSPS) is 13.5. The summed E-state index contributed by atoms with van der Waals surface area (Å²) in [7, 11) is 1.72. The zero-order valence-electron chi connectivity index (χ0n) is 12.5. The van der Waals surface area contributed by atoms with Gasteiger partial charge in [0.25, 0.3) is 0 Å². The van der Waals surface area contributed by atoms with Crippen LogP contribution in [-0.4, -0.2) is 20.3 Å². The van der Waals surface area contributed by atoms with E-state index in [-0.39, 0.29) is 17.3 Å². The molecule has 0 amide bonds. The van der Waals surface area contributed by atoms with Gasteiger partial charge in [-0.1, -0.05) is 39.0 Å². The van der Waals surface area contributed by atoms with Gasteiger partial charge in [-0.15, -0.1) is 0 Å². The molecule has 1 atom stereocenters. The summed E-state index contributed by atoms with van der Waals surface area (Å²) in [6.07, 6.45) is 1.87. The molecule has 3 heteroatoms. The first-order valence-corrected chi connectivity index (χ1v) is 6.97. The minimum Gasteiger partial charge on any atom is -0.385 e. The van der Waals surface area contributed by atoms with Gasteiger partial charge in [0, 0.05) is 31.9 Å². The lowest BCUT2D eigenvalue weighted by molar-refractivity contribution is 0.148. The van der Waals surface area contributed by atoms with Crippen LogP contribution in [0.2, 0.25) is 0 Å². The highest BCUT2D eigenvalue weighted by Gasteiger charge is 2.20. The second-order valence-corrected chi connectivity index (χ2v) is 5.77. The van der Waals surface area contributed by atoms with Crippen LogP contribution in [0.1, 0.15) is 45.2 Å². The van der Waals surface area contributed by atoms with E-state index < -0.39 is 0 Å². The highest BCUT2D eigenvalue weighted by atomic mass is 19.1. The number of hydrogen-bond donors (Lipinski definition) is 1. The molecular formula is C16H26FNO. The Morgan fingerprint density at radius 1 is 1.32 bits per heavy atom. The molecule has 0 aliphatic carbocycles. The molecule has 0 bridgehead atoms. The fourth-order valence-electron chi connectivity index (χ4n) is 2.10. The minimum absolute atomic E-state index is 0.0722. The number of halogens is 1. The lowest BCUT2D eigenvalue weighted by Crippen LogP contribution is -2.33. The molecule has 0 fully saturated rings. The number of benzene rings is 1. The topological polar surface area (TPSA) is 21.3 Å². The molecule has 108 valence electrons. The van der Waals surface area contributed by atoms with Crippen molar-refractivity contribution in [1.82, 2.24) is 5.32 Å². The van der Waals surface area contributed by atoms with Crippen molar-refractivity contribution < 1.29 is 9.13 Å². The summed E-state index contributed by atoms with van der Waals surface area (Å²) in [6, 6.07) is 7.07. The Kier molecular flexibility index (Phi) is 6.46. The maximum Gasteiger partial charge on any atom is 0.127 e. The van der Waals surface area contributed by atoms with E-state index in [9.17, 15) is 4.39 Å². The van der Waals surface area contributed by atoms with Gasteiger partial charge in [-0.3, -0.25) is 0 Å². The van der Waals surface area contributed by atoms with Gasteiger partial charge in [0.1, 0.15) is 5.82 Å². The van der Waals surface area contributed by atoms with Crippen LogP contribution >= 0.6 is 0 Å². The zero-order valence-corrected chi connectivity index (χ0v) is 12.5. The molecule has 1 aromatic rings. The molecule has 1 aromatic carbocycles. The summed E-state index contributed by atoms with van der Waals surface area (Å²) in [4.78, 5) is 0. The quantitative estimate of drug-likeness (QED) is 0.770. The van der Waals surface area contributed by atoms with E-state index in [0.717, 1.165) is 31.6 Å². The van der Waals surface area contributed by atoms with Crippen molar-refractivity contribution in [3.05, 3.63) is 35.6 Å². The van der Waals surface area contributed by atoms with Crippen molar-refractivity contribution >= 4 is 0 Å². The third-order valence-corrected chi connectivity index (χ3v) is 3.50. The number of ether oxygens (including phenoxy) is 1. The molecule has 2 nitrogen and oxygen atoms in total. The molecule has 1 N–H and O–H groups in total. The Labute approximate surface area is 116 Å². The average Bonchev–Trinajstić information content (AvgIpc) is 2.39. The summed E-state index contributed by atoms with van der Waals surface area (Å²) < 4.78 is 18.9. The Morgan fingerprint density at radius 3 is 2.58 bits per heavy atom. The number of hydrogen-bond acceptors (Lipinski definition) is 2. The molecular weight excluding hydrogens is 241 g/mol. The van der Waals surface area contributed by atoms with Crippen LogP contribution < -0.4 is 5.32 Å². The van der Waals surface area contributed by atoms with Gasteiger partial charge < -0.3 is 10.1 Å². The van der Waals surface area contributed by atoms with Crippen molar-refractivity contribution in [1.29, 1.82) is 0 Å². The molecule has 19 heavy (non-hydrogen) atoms. The van der Waals surface area contributed by atoms with Crippen molar-refractivity contribution in [2.24, 2.45) is 5.41 Å². The third-order valence-electron chi connectivity index (χ3n) is 3.50. The fraction of sp³-hybridized carbons (Fsp3) is 0.625. The maximum atomic E-state index is 13.8.